The fourth-order valence-corrected chi connectivity index (χ4v) is 4.65. The number of nitrogens with one attached hydrogen (secondary N) is 3. The van der Waals surface area contributed by atoms with E-state index in [9.17, 15) is 4.79 Å². The molecule has 3 N–H and O–H groups in total. The van der Waals surface area contributed by atoms with Gasteiger partial charge in [0.05, 0.1) is 28.8 Å². The Kier molecular flexibility index (Phi) is 7.05. The lowest BCUT2D eigenvalue weighted by molar-refractivity contribution is -0.119. The lowest BCUT2D eigenvalue weighted by Crippen LogP contribution is -2.32. The van der Waals surface area contributed by atoms with E-state index in [2.05, 4.69) is 34.8 Å². The quantitative estimate of drug-likeness (QED) is 0.626. The normalized spacial score (nSPS) is 25.9. The molecule has 0 spiro atoms. The molecule has 2 aliphatic rings. The summed E-state index contributed by atoms with van der Waals surface area (Å²) in [4.78, 5) is 21.4. The van der Waals surface area contributed by atoms with Gasteiger partial charge in [-0.1, -0.05) is 17.7 Å². The van der Waals surface area contributed by atoms with E-state index in [4.69, 9.17) is 21.3 Å². The molecule has 0 radical (unpaired) electrons. The van der Waals surface area contributed by atoms with Gasteiger partial charge in [0.25, 0.3) is 0 Å². The number of carbonyl (C=O) groups excluding carboxylic acids is 1. The van der Waals surface area contributed by atoms with Crippen LogP contribution in [0, 0.1) is 11.8 Å². The molecule has 4 heterocycles. The average Bonchev–Trinajstić information content (AvgIpc) is 3.28. The summed E-state index contributed by atoms with van der Waals surface area (Å²) in [6.45, 7) is 6.69. The molecular formula is C23H30ClN5O2. The molecule has 7 nitrogen and oxygen atoms in total. The standard InChI is InChI=1S/C23H30ClN5O2/c1-14-8-16(9-15(2)31-14)11-26-21-5-3-4-20(28-21)18-10-22(27-13-19(18)24)29-23(30)17-6-7-25-12-17/h3-5,10,13-17,25H,6-9,11-12H2,1-2H3,(H,26,28)(H,27,29,30)/t14-,15+,16?,17-/m1/s1. The van der Waals surface area contributed by atoms with Crippen molar-refractivity contribution in [2.24, 2.45) is 11.8 Å². The highest BCUT2D eigenvalue weighted by Crippen LogP contribution is 2.30. The lowest BCUT2D eigenvalue weighted by atomic mass is 9.92. The second-order valence-electron chi connectivity index (χ2n) is 8.61. The fraction of sp³-hybridized carbons (Fsp3) is 0.522. The number of anilines is 2. The molecule has 0 aliphatic carbocycles. The largest absolute Gasteiger partial charge is 0.376 e. The SMILES string of the molecule is C[C@@H]1CC(CNc2cccc(-c3cc(NC(=O)[C@@H]4CCNC4)ncc3Cl)n2)C[C@H](C)O1. The predicted octanol–water partition coefficient (Wildman–Crippen LogP) is 3.96. The maximum absolute atomic E-state index is 12.4. The summed E-state index contributed by atoms with van der Waals surface area (Å²) < 4.78 is 5.83. The van der Waals surface area contributed by atoms with E-state index in [-0.39, 0.29) is 11.8 Å². The zero-order valence-corrected chi connectivity index (χ0v) is 18.8. The van der Waals surface area contributed by atoms with Gasteiger partial charge in [0, 0.05) is 24.8 Å². The van der Waals surface area contributed by atoms with Crippen LogP contribution in [-0.2, 0) is 9.53 Å². The van der Waals surface area contributed by atoms with Crippen LogP contribution in [0.15, 0.2) is 30.5 Å². The molecule has 1 amide bonds. The summed E-state index contributed by atoms with van der Waals surface area (Å²) in [6.07, 6.45) is 5.08. The van der Waals surface area contributed by atoms with Crippen LogP contribution in [0.5, 0.6) is 0 Å². The number of aromatic nitrogens is 2. The first kappa shape index (κ1) is 22.0. The van der Waals surface area contributed by atoms with Gasteiger partial charge in [-0.05, 0) is 63.8 Å². The Morgan fingerprint density at radius 2 is 2.06 bits per heavy atom. The van der Waals surface area contributed by atoms with Crippen LogP contribution in [0.3, 0.4) is 0 Å². The van der Waals surface area contributed by atoms with Gasteiger partial charge in [-0.2, -0.15) is 0 Å². The Morgan fingerprint density at radius 1 is 1.26 bits per heavy atom. The molecule has 2 aromatic heterocycles. The number of hydrogen-bond donors (Lipinski definition) is 3. The van der Waals surface area contributed by atoms with E-state index in [0.29, 0.717) is 35.5 Å². The highest BCUT2D eigenvalue weighted by Gasteiger charge is 2.25. The molecule has 1 unspecified atom stereocenters. The van der Waals surface area contributed by atoms with Crippen LogP contribution in [0.2, 0.25) is 5.02 Å². The first-order valence-electron chi connectivity index (χ1n) is 11.0. The van der Waals surface area contributed by atoms with E-state index >= 15 is 0 Å². The third-order valence-electron chi connectivity index (χ3n) is 5.93. The molecule has 2 fully saturated rings. The molecule has 0 saturated carbocycles. The van der Waals surface area contributed by atoms with Gasteiger partial charge in [-0.25, -0.2) is 9.97 Å². The zero-order valence-electron chi connectivity index (χ0n) is 18.0. The minimum Gasteiger partial charge on any atom is -0.376 e. The van der Waals surface area contributed by atoms with Crippen LogP contribution in [-0.4, -0.2) is 47.7 Å². The summed E-state index contributed by atoms with van der Waals surface area (Å²) >= 11 is 6.42. The molecule has 2 saturated heterocycles. The van der Waals surface area contributed by atoms with Crippen LogP contribution in [0.4, 0.5) is 11.6 Å². The number of hydrogen-bond acceptors (Lipinski definition) is 6. The number of rotatable bonds is 6. The molecule has 0 aromatic carbocycles. The highest BCUT2D eigenvalue weighted by atomic mass is 35.5. The molecule has 4 atom stereocenters. The van der Waals surface area contributed by atoms with E-state index in [1.807, 2.05) is 18.2 Å². The smallest absolute Gasteiger partial charge is 0.229 e. The predicted molar refractivity (Wildman–Crippen MR) is 123 cm³/mol. The Morgan fingerprint density at radius 3 is 2.81 bits per heavy atom. The number of nitrogens with zero attached hydrogens (tertiary/aromatic N) is 2. The van der Waals surface area contributed by atoms with E-state index in [1.165, 1.54) is 0 Å². The summed E-state index contributed by atoms with van der Waals surface area (Å²) in [5, 5.41) is 10.1. The van der Waals surface area contributed by atoms with Gasteiger partial charge in [0.1, 0.15) is 11.6 Å². The van der Waals surface area contributed by atoms with Crippen LogP contribution >= 0.6 is 11.6 Å². The van der Waals surface area contributed by atoms with Crippen LogP contribution in [0.25, 0.3) is 11.3 Å². The summed E-state index contributed by atoms with van der Waals surface area (Å²) in [5.74, 6) is 1.80. The highest BCUT2D eigenvalue weighted by molar-refractivity contribution is 6.33. The molecule has 166 valence electrons. The summed E-state index contributed by atoms with van der Waals surface area (Å²) in [5.41, 5.74) is 1.48. The van der Waals surface area contributed by atoms with Gasteiger partial charge in [-0.3, -0.25) is 4.79 Å². The minimum atomic E-state index is -0.0257. The maximum Gasteiger partial charge on any atom is 0.229 e. The molecular weight excluding hydrogens is 414 g/mol. The average molecular weight is 444 g/mol. The maximum atomic E-state index is 12.4. The zero-order chi connectivity index (χ0) is 21.8. The topological polar surface area (TPSA) is 88.2 Å². The van der Waals surface area contributed by atoms with Crippen molar-refractivity contribution >= 4 is 29.1 Å². The van der Waals surface area contributed by atoms with Gasteiger partial charge >= 0.3 is 0 Å². The van der Waals surface area contributed by atoms with Gasteiger partial charge in [0.2, 0.25) is 5.91 Å². The Balaban J connectivity index is 1.44. The van der Waals surface area contributed by atoms with Crippen molar-refractivity contribution in [3.8, 4) is 11.3 Å². The Hall–Kier alpha value is -2.22. The third kappa shape index (κ3) is 5.73. The van der Waals surface area contributed by atoms with E-state index in [0.717, 1.165) is 49.4 Å². The number of ether oxygens (including phenoxy) is 1. The molecule has 0 bridgehead atoms. The first-order valence-corrected chi connectivity index (χ1v) is 11.4. The van der Waals surface area contributed by atoms with Crippen molar-refractivity contribution in [3.05, 3.63) is 35.5 Å². The van der Waals surface area contributed by atoms with Gasteiger partial charge in [-0.15, -0.1) is 0 Å². The third-order valence-corrected chi connectivity index (χ3v) is 6.23. The van der Waals surface area contributed by atoms with Crippen molar-refractivity contribution in [2.45, 2.75) is 45.3 Å². The fourth-order valence-electron chi connectivity index (χ4n) is 4.45. The van der Waals surface area contributed by atoms with E-state index < -0.39 is 0 Å². The Labute approximate surface area is 188 Å². The summed E-state index contributed by atoms with van der Waals surface area (Å²) in [7, 11) is 0. The van der Waals surface area contributed by atoms with Crippen LogP contribution < -0.4 is 16.0 Å². The number of pyridine rings is 2. The first-order chi connectivity index (χ1) is 15.0. The number of halogens is 1. The van der Waals surface area contributed by atoms with Crippen molar-refractivity contribution < 1.29 is 9.53 Å². The molecule has 8 heteroatoms. The molecule has 4 rings (SSSR count). The number of carbonyl (C=O) groups is 1. The second-order valence-corrected chi connectivity index (χ2v) is 9.02. The van der Waals surface area contributed by atoms with E-state index in [1.54, 1.807) is 12.3 Å². The lowest BCUT2D eigenvalue weighted by Gasteiger charge is -2.32. The van der Waals surface area contributed by atoms with Crippen LogP contribution in [0.1, 0.15) is 33.1 Å². The van der Waals surface area contributed by atoms with Crippen molar-refractivity contribution in [3.63, 3.8) is 0 Å². The molecule has 2 aliphatic heterocycles. The molecule has 31 heavy (non-hydrogen) atoms. The Bertz CT molecular complexity index is 909. The van der Waals surface area contributed by atoms with Gasteiger partial charge in [0.15, 0.2) is 0 Å². The molecule has 2 aromatic rings. The van der Waals surface area contributed by atoms with Gasteiger partial charge < -0.3 is 20.7 Å². The van der Waals surface area contributed by atoms with Crippen molar-refractivity contribution in [1.82, 2.24) is 15.3 Å². The second kappa shape index (κ2) is 9.94. The summed E-state index contributed by atoms with van der Waals surface area (Å²) in [6, 6.07) is 7.62. The minimum absolute atomic E-state index is 0.0194. The van der Waals surface area contributed by atoms with Crippen molar-refractivity contribution in [2.75, 3.05) is 30.3 Å². The van der Waals surface area contributed by atoms with Crippen molar-refractivity contribution in [1.29, 1.82) is 0 Å². The number of amides is 1. The monoisotopic (exact) mass is 443 g/mol.